The number of aromatic nitrogens is 3. The Labute approximate surface area is 245 Å². The number of ether oxygens (including phenoxy) is 1. The first kappa shape index (κ1) is 28.5. The molecule has 2 aliphatic rings. The standard InChI is InChI=1S/C31H34FN3O6S/c1-16-11-18-13-20(14-19(18)12-16)41-23(21-7-5-6-8-22(21)32)15-34-28-24(17(2)25(42-28)26-33-9-10-40-26)27(36)35(30(34)39)31(3,4)29(37)38/h5-10,16,18-20,23H,11-15H2,1-4H3,(H,37,38)/t16?,18-,19+,20?,23?. The Morgan fingerprint density at radius 3 is 2.52 bits per heavy atom. The number of halogens is 1. The highest BCUT2D eigenvalue weighted by atomic mass is 32.1. The Morgan fingerprint density at radius 2 is 1.90 bits per heavy atom. The normalized spacial score (nSPS) is 23.0. The molecular weight excluding hydrogens is 561 g/mol. The number of rotatable bonds is 8. The van der Waals surface area contributed by atoms with E-state index < -0.39 is 34.7 Å². The van der Waals surface area contributed by atoms with Gasteiger partial charge in [0, 0.05) is 5.56 Å². The molecule has 11 heteroatoms. The van der Waals surface area contributed by atoms with E-state index >= 15 is 4.39 Å². The van der Waals surface area contributed by atoms with Gasteiger partial charge < -0.3 is 14.3 Å². The lowest BCUT2D eigenvalue weighted by Crippen LogP contribution is -2.52. The van der Waals surface area contributed by atoms with E-state index in [2.05, 4.69) is 11.9 Å². The Bertz CT molecular complexity index is 1760. The van der Waals surface area contributed by atoms with Gasteiger partial charge in [0.15, 0.2) is 0 Å². The fourth-order valence-corrected chi connectivity index (χ4v) is 8.20. The van der Waals surface area contributed by atoms with E-state index in [1.54, 1.807) is 25.1 Å². The molecule has 1 N–H and O–H groups in total. The van der Waals surface area contributed by atoms with Crippen molar-refractivity contribution in [1.29, 1.82) is 0 Å². The summed E-state index contributed by atoms with van der Waals surface area (Å²) in [6.07, 6.45) is 6.02. The van der Waals surface area contributed by atoms with Crippen molar-refractivity contribution in [2.75, 3.05) is 0 Å². The summed E-state index contributed by atoms with van der Waals surface area (Å²) in [5, 5.41) is 10.2. The van der Waals surface area contributed by atoms with Gasteiger partial charge in [-0.2, -0.15) is 0 Å². The largest absolute Gasteiger partial charge is 0.480 e. The van der Waals surface area contributed by atoms with Crippen molar-refractivity contribution in [2.45, 2.75) is 77.7 Å². The van der Waals surface area contributed by atoms with Crippen LogP contribution in [-0.2, 0) is 21.6 Å². The molecule has 222 valence electrons. The third-order valence-electron chi connectivity index (χ3n) is 9.09. The average Bonchev–Trinajstić information content (AvgIpc) is 3.70. The molecule has 3 unspecified atom stereocenters. The second-order valence-electron chi connectivity index (χ2n) is 12.3. The van der Waals surface area contributed by atoms with Crippen LogP contribution in [0.15, 0.2) is 50.7 Å². The Hall–Kier alpha value is -3.57. The SMILES string of the molecule is Cc1c(-c2ncco2)sc2c1c(=O)n(C(C)(C)C(=O)O)c(=O)n2CC(OC1C[C@H]2CC(C)C[C@H]2C1)c1ccccc1F. The lowest BCUT2D eigenvalue weighted by molar-refractivity contribution is -0.146. The predicted octanol–water partition coefficient (Wildman–Crippen LogP) is 5.73. The average molecular weight is 596 g/mol. The van der Waals surface area contributed by atoms with E-state index in [-0.39, 0.29) is 23.9 Å². The van der Waals surface area contributed by atoms with Crippen LogP contribution in [0.1, 0.15) is 63.7 Å². The molecule has 3 aromatic heterocycles. The monoisotopic (exact) mass is 595 g/mol. The van der Waals surface area contributed by atoms with Crippen LogP contribution in [0.25, 0.3) is 21.0 Å². The summed E-state index contributed by atoms with van der Waals surface area (Å²) in [7, 11) is 0. The Balaban J connectivity index is 1.52. The van der Waals surface area contributed by atoms with Crippen LogP contribution in [-0.4, -0.2) is 31.3 Å². The third kappa shape index (κ3) is 4.72. The number of benzene rings is 1. The molecule has 3 heterocycles. The quantitative estimate of drug-likeness (QED) is 0.277. The summed E-state index contributed by atoms with van der Waals surface area (Å²) in [6.45, 7) is 6.51. The van der Waals surface area contributed by atoms with Crippen LogP contribution in [0.4, 0.5) is 4.39 Å². The molecule has 0 aliphatic heterocycles. The molecule has 4 aromatic rings. The number of hydrogen-bond donors (Lipinski definition) is 1. The smallest absolute Gasteiger partial charge is 0.333 e. The van der Waals surface area contributed by atoms with Crippen molar-refractivity contribution in [3.8, 4) is 10.8 Å². The Morgan fingerprint density at radius 1 is 1.21 bits per heavy atom. The van der Waals surface area contributed by atoms with Crippen molar-refractivity contribution in [3.63, 3.8) is 0 Å². The lowest BCUT2D eigenvalue weighted by Gasteiger charge is -2.27. The van der Waals surface area contributed by atoms with Gasteiger partial charge in [-0.3, -0.25) is 9.36 Å². The van der Waals surface area contributed by atoms with Crippen molar-refractivity contribution in [1.82, 2.24) is 14.1 Å². The van der Waals surface area contributed by atoms with E-state index in [1.807, 2.05) is 0 Å². The maximum atomic E-state index is 15.3. The zero-order chi connectivity index (χ0) is 29.9. The van der Waals surface area contributed by atoms with E-state index in [9.17, 15) is 19.5 Å². The minimum Gasteiger partial charge on any atom is -0.480 e. The Kier molecular flexibility index (Phi) is 7.21. The molecule has 1 aromatic carbocycles. The first-order chi connectivity index (χ1) is 20.0. The molecule has 9 nitrogen and oxygen atoms in total. The molecule has 42 heavy (non-hydrogen) atoms. The number of hydrogen-bond acceptors (Lipinski definition) is 7. The summed E-state index contributed by atoms with van der Waals surface area (Å²) in [5.41, 5.74) is -2.55. The van der Waals surface area contributed by atoms with Crippen molar-refractivity contribution in [2.24, 2.45) is 17.8 Å². The fraction of sp³-hybridized carbons (Fsp3) is 0.484. The van der Waals surface area contributed by atoms with E-state index in [0.29, 0.717) is 38.6 Å². The molecule has 2 saturated carbocycles. The fourth-order valence-electron chi connectivity index (χ4n) is 6.96. The van der Waals surface area contributed by atoms with Gasteiger partial charge >= 0.3 is 11.7 Å². The zero-order valence-electron chi connectivity index (χ0n) is 24.0. The molecule has 6 rings (SSSR count). The molecule has 5 atom stereocenters. The maximum absolute atomic E-state index is 15.3. The van der Waals surface area contributed by atoms with Crippen LogP contribution in [0.3, 0.4) is 0 Å². The first-order valence-electron chi connectivity index (χ1n) is 14.3. The zero-order valence-corrected chi connectivity index (χ0v) is 24.8. The third-order valence-corrected chi connectivity index (χ3v) is 10.4. The van der Waals surface area contributed by atoms with Crippen LogP contribution < -0.4 is 11.2 Å². The second kappa shape index (κ2) is 10.6. The van der Waals surface area contributed by atoms with Gasteiger partial charge in [-0.1, -0.05) is 25.1 Å². The van der Waals surface area contributed by atoms with E-state index in [0.717, 1.165) is 41.6 Å². The number of fused-ring (bicyclic) bond motifs is 2. The number of nitrogens with zero attached hydrogens (tertiary/aromatic N) is 3. The highest BCUT2D eigenvalue weighted by molar-refractivity contribution is 7.22. The summed E-state index contributed by atoms with van der Waals surface area (Å²) < 4.78 is 29.6. The van der Waals surface area contributed by atoms with Crippen LogP contribution in [0.2, 0.25) is 0 Å². The van der Waals surface area contributed by atoms with Gasteiger partial charge in [-0.15, -0.1) is 11.3 Å². The van der Waals surface area contributed by atoms with Gasteiger partial charge in [0.1, 0.15) is 28.6 Å². The molecule has 0 spiro atoms. The molecule has 0 bridgehead atoms. The number of oxazole rings is 1. The summed E-state index contributed by atoms with van der Waals surface area (Å²) in [4.78, 5) is 45.3. The van der Waals surface area contributed by atoms with Crippen LogP contribution in [0.5, 0.6) is 0 Å². The van der Waals surface area contributed by atoms with Crippen LogP contribution in [0, 0.1) is 30.5 Å². The summed E-state index contributed by atoms with van der Waals surface area (Å²) >= 11 is 1.16. The summed E-state index contributed by atoms with van der Waals surface area (Å²) in [5.74, 6) is 0.325. The minimum absolute atomic E-state index is 0.0994. The second-order valence-corrected chi connectivity index (χ2v) is 13.3. The van der Waals surface area contributed by atoms with Gasteiger partial charge in [0.05, 0.1) is 29.1 Å². The minimum atomic E-state index is -1.85. The van der Waals surface area contributed by atoms with Gasteiger partial charge in [0.25, 0.3) is 5.56 Å². The number of carboxylic acids is 1. The van der Waals surface area contributed by atoms with Crippen molar-refractivity contribution < 1.29 is 23.4 Å². The molecule has 2 fully saturated rings. The van der Waals surface area contributed by atoms with E-state index in [4.69, 9.17) is 9.15 Å². The number of aryl methyl sites for hydroxylation is 1. The van der Waals surface area contributed by atoms with Crippen molar-refractivity contribution >= 4 is 27.5 Å². The molecule has 0 radical (unpaired) electrons. The molecule has 0 saturated heterocycles. The maximum Gasteiger partial charge on any atom is 0.333 e. The van der Waals surface area contributed by atoms with Crippen LogP contribution >= 0.6 is 11.3 Å². The van der Waals surface area contributed by atoms with Gasteiger partial charge in [-0.25, -0.2) is 23.5 Å². The highest BCUT2D eigenvalue weighted by Crippen LogP contribution is 2.48. The molecule has 0 amide bonds. The first-order valence-corrected chi connectivity index (χ1v) is 15.1. The van der Waals surface area contributed by atoms with E-state index in [1.165, 1.54) is 36.9 Å². The summed E-state index contributed by atoms with van der Waals surface area (Å²) in [6, 6.07) is 6.33. The number of carbonyl (C=O) groups is 1. The lowest BCUT2D eigenvalue weighted by atomic mass is 10.0. The number of thiophene rings is 1. The predicted molar refractivity (Wildman–Crippen MR) is 156 cm³/mol. The molecular formula is C31H34FN3O6S. The van der Waals surface area contributed by atoms with Crippen molar-refractivity contribution in [3.05, 3.63) is 74.5 Å². The number of carboxylic acid groups (broad SMARTS) is 1. The van der Waals surface area contributed by atoms with Gasteiger partial charge in [0.2, 0.25) is 5.89 Å². The van der Waals surface area contributed by atoms with Gasteiger partial charge in [-0.05, 0) is 75.8 Å². The number of aliphatic carboxylic acids is 1. The molecule has 2 aliphatic carbocycles. The topological polar surface area (TPSA) is 117 Å². The highest BCUT2D eigenvalue weighted by Gasteiger charge is 2.42.